The molecule has 0 radical (unpaired) electrons. The van der Waals surface area contributed by atoms with Gasteiger partial charge in [-0.15, -0.1) is 0 Å². The molecule has 0 saturated carbocycles. The molecule has 0 spiro atoms. The van der Waals surface area contributed by atoms with Crippen molar-refractivity contribution < 1.29 is 24.0 Å². The average molecular weight is 398 g/mol. The van der Waals surface area contributed by atoms with Crippen molar-refractivity contribution >= 4 is 17.9 Å². The van der Waals surface area contributed by atoms with Crippen molar-refractivity contribution in [1.29, 1.82) is 0 Å². The van der Waals surface area contributed by atoms with Crippen LogP contribution in [0.2, 0.25) is 0 Å². The summed E-state index contributed by atoms with van der Waals surface area (Å²) in [4.78, 5) is 47.2. The normalized spacial score (nSPS) is 27.3. The van der Waals surface area contributed by atoms with Crippen molar-refractivity contribution in [3.05, 3.63) is 58.0 Å². The van der Waals surface area contributed by atoms with E-state index < -0.39 is 42.3 Å². The number of rotatable bonds is 3. The second kappa shape index (κ2) is 7.12. The molecule has 1 aromatic carbocycles. The highest BCUT2D eigenvalue weighted by atomic mass is 16.7. The molecule has 4 heterocycles. The minimum atomic E-state index is -1.05. The maximum atomic E-state index is 13.1. The predicted molar refractivity (Wildman–Crippen MR) is 97.5 cm³/mol. The number of fused-ring (bicyclic) bond motifs is 1. The van der Waals surface area contributed by atoms with E-state index in [1.165, 1.54) is 0 Å². The van der Waals surface area contributed by atoms with Gasteiger partial charge in [0.2, 0.25) is 0 Å². The molecule has 1 aromatic rings. The molecule has 3 amide bonds. The molecule has 11 heteroatoms. The van der Waals surface area contributed by atoms with Gasteiger partial charge in [-0.1, -0.05) is 23.3 Å². The first kappa shape index (κ1) is 18.8. The van der Waals surface area contributed by atoms with Gasteiger partial charge in [-0.05, 0) is 43.2 Å². The van der Waals surface area contributed by atoms with Gasteiger partial charge < -0.3 is 4.74 Å². The first-order chi connectivity index (χ1) is 14.0. The van der Waals surface area contributed by atoms with Crippen LogP contribution in [0.5, 0.6) is 0 Å². The largest absolute Gasteiger partial charge is 0.448 e. The van der Waals surface area contributed by atoms with Crippen molar-refractivity contribution in [1.82, 2.24) is 15.1 Å². The van der Waals surface area contributed by atoms with Gasteiger partial charge in [-0.2, -0.15) is 10.1 Å². The number of hydrogen-bond acceptors (Lipinski definition) is 6. The maximum absolute atomic E-state index is 13.1. The lowest BCUT2D eigenvalue weighted by molar-refractivity contribution is -0.185. The lowest BCUT2D eigenvalue weighted by Crippen LogP contribution is -2.73. The summed E-state index contributed by atoms with van der Waals surface area (Å²) in [7, 11) is 0. The average Bonchev–Trinajstić information content (AvgIpc) is 2.92. The van der Waals surface area contributed by atoms with Crippen molar-refractivity contribution in [2.45, 2.75) is 38.2 Å². The van der Waals surface area contributed by atoms with Crippen molar-refractivity contribution in [3.8, 4) is 0 Å². The van der Waals surface area contributed by atoms with E-state index in [-0.39, 0.29) is 6.61 Å². The minimum absolute atomic E-state index is 0.0775. The van der Waals surface area contributed by atoms with E-state index in [1.807, 2.05) is 0 Å². The number of azide groups is 1. The highest BCUT2D eigenvalue weighted by Crippen LogP contribution is 2.41. The van der Waals surface area contributed by atoms with Crippen LogP contribution in [0.15, 0.2) is 47.1 Å². The Labute approximate surface area is 165 Å². The fourth-order valence-corrected chi connectivity index (χ4v) is 3.75. The topological polar surface area (TPSA) is 128 Å². The van der Waals surface area contributed by atoms with Crippen LogP contribution in [-0.4, -0.2) is 63.9 Å². The van der Waals surface area contributed by atoms with E-state index in [9.17, 15) is 14.4 Å². The number of carbonyl (C=O) groups excluding carboxylic acids is 3. The molecule has 2 fully saturated rings. The Morgan fingerprint density at radius 1 is 1.31 bits per heavy atom. The van der Waals surface area contributed by atoms with E-state index >= 15 is 0 Å². The summed E-state index contributed by atoms with van der Waals surface area (Å²) < 4.78 is 5.12. The Bertz CT molecular complexity index is 943. The zero-order chi connectivity index (χ0) is 20.7. The van der Waals surface area contributed by atoms with Crippen molar-refractivity contribution in [3.63, 3.8) is 0 Å². The van der Waals surface area contributed by atoms with Crippen LogP contribution < -0.4 is 0 Å². The Morgan fingerprint density at radius 2 is 2.03 bits per heavy atom. The minimum Gasteiger partial charge on any atom is -0.448 e. The fourth-order valence-electron chi connectivity index (χ4n) is 3.75. The zero-order valence-corrected chi connectivity index (χ0v) is 15.7. The second-order valence-corrected chi connectivity index (χ2v) is 6.71. The summed E-state index contributed by atoms with van der Waals surface area (Å²) in [6.07, 6.45) is -0.924. The van der Waals surface area contributed by atoms with E-state index in [0.717, 1.165) is 15.1 Å². The maximum Gasteiger partial charge on any atom is 0.431 e. The van der Waals surface area contributed by atoms with Gasteiger partial charge >= 0.3 is 6.09 Å². The van der Waals surface area contributed by atoms with Crippen LogP contribution in [0.3, 0.4) is 0 Å². The summed E-state index contributed by atoms with van der Waals surface area (Å²) in [5.41, 5.74) is 9.89. The van der Waals surface area contributed by atoms with E-state index in [1.54, 1.807) is 50.3 Å². The number of benzene rings is 1. The van der Waals surface area contributed by atoms with Crippen LogP contribution in [0, 0.1) is 0 Å². The monoisotopic (exact) mass is 398 g/mol. The molecule has 4 aliphatic heterocycles. The summed E-state index contributed by atoms with van der Waals surface area (Å²) in [5.74, 6) is -1.04. The van der Waals surface area contributed by atoms with Crippen molar-refractivity contribution in [2.24, 2.45) is 5.11 Å². The van der Waals surface area contributed by atoms with Gasteiger partial charge in [0.1, 0.15) is 18.2 Å². The molecule has 11 nitrogen and oxygen atoms in total. The number of hydrogen-bond donors (Lipinski definition) is 0. The predicted octanol–water partition coefficient (Wildman–Crippen LogP) is 1.99. The number of nitrogens with zero attached hydrogens (tertiary/aromatic N) is 6. The van der Waals surface area contributed by atoms with Crippen LogP contribution in [-0.2, 0) is 14.4 Å². The second-order valence-electron chi connectivity index (χ2n) is 6.71. The molecule has 4 aliphatic rings. The molecule has 4 atom stereocenters. The third-order valence-electron chi connectivity index (χ3n) is 5.06. The Hall–Kier alpha value is -3.56. The van der Waals surface area contributed by atoms with Crippen LogP contribution >= 0.6 is 0 Å². The molecular weight excluding hydrogens is 380 g/mol. The van der Waals surface area contributed by atoms with E-state index in [0.29, 0.717) is 11.1 Å². The molecule has 0 aliphatic carbocycles. The smallest absolute Gasteiger partial charge is 0.431 e. The van der Waals surface area contributed by atoms with Crippen LogP contribution in [0.25, 0.3) is 10.4 Å². The third-order valence-corrected chi connectivity index (χ3v) is 5.06. The Kier molecular flexibility index (Phi) is 4.61. The molecule has 2 bridgehead atoms. The number of hydroxylamine groups is 2. The fraction of sp³-hybridized carbons (Fsp3) is 0.389. The van der Waals surface area contributed by atoms with Gasteiger partial charge in [0, 0.05) is 10.5 Å². The molecule has 0 unspecified atom stereocenters. The van der Waals surface area contributed by atoms with Gasteiger partial charge in [-0.25, -0.2) is 9.80 Å². The SMILES string of the molecule is CCOC(=O)N1[C@H]2C=C(C)[C@@H](ON2C(=O)c2ccccc2)[C@H]2[C@@H](N=[N+]=[N-])C(=O)N21. The summed E-state index contributed by atoms with van der Waals surface area (Å²) in [6, 6.07) is 6.63. The number of ether oxygens (including phenoxy) is 1. The van der Waals surface area contributed by atoms with E-state index in [2.05, 4.69) is 10.0 Å². The third kappa shape index (κ3) is 2.79. The van der Waals surface area contributed by atoms with E-state index in [4.69, 9.17) is 15.1 Å². The van der Waals surface area contributed by atoms with Crippen LogP contribution in [0.4, 0.5) is 4.79 Å². The quantitative estimate of drug-likeness (QED) is 0.253. The lowest BCUT2D eigenvalue weighted by atomic mass is 9.89. The number of β-lactam (4-membered cyclic amide) rings is 1. The highest BCUT2D eigenvalue weighted by Gasteiger charge is 2.62. The van der Waals surface area contributed by atoms with Gasteiger partial charge in [0.05, 0.1) is 6.61 Å². The number of carbonyl (C=O) groups is 3. The molecule has 2 saturated heterocycles. The number of hydrazine groups is 1. The highest BCUT2D eigenvalue weighted by molar-refractivity contribution is 5.95. The summed E-state index contributed by atoms with van der Waals surface area (Å²) in [6.45, 7) is 3.48. The van der Waals surface area contributed by atoms with Gasteiger partial charge in [-0.3, -0.25) is 14.4 Å². The first-order valence-electron chi connectivity index (χ1n) is 9.06. The molecule has 0 aromatic heterocycles. The summed E-state index contributed by atoms with van der Waals surface area (Å²) >= 11 is 0. The molecular formula is C18H18N6O5. The lowest BCUT2D eigenvalue weighted by Gasteiger charge is -2.48. The first-order valence-corrected chi connectivity index (χ1v) is 9.06. The molecule has 0 N–H and O–H groups in total. The van der Waals surface area contributed by atoms with Gasteiger partial charge in [0.25, 0.3) is 11.8 Å². The Balaban J connectivity index is 1.79. The van der Waals surface area contributed by atoms with Crippen molar-refractivity contribution in [2.75, 3.05) is 6.61 Å². The molecule has 150 valence electrons. The van der Waals surface area contributed by atoms with Crippen LogP contribution in [0.1, 0.15) is 24.2 Å². The zero-order valence-electron chi connectivity index (χ0n) is 15.7. The molecule has 29 heavy (non-hydrogen) atoms. The van der Waals surface area contributed by atoms with Gasteiger partial charge in [0.15, 0.2) is 6.17 Å². The Morgan fingerprint density at radius 3 is 2.69 bits per heavy atom. The standard InChI is InChI=1S/C18H18N6O5/c1-3-28-18(27)22-12-9-10(2)15(14-13(20-21-19)17(26)23(14)22)29-24(12)16(25)11-7-5-4-6-8-11/h4-9,12-15H,3H2,1-2H3/t12-,13-,14-,15-/m1/s1. The summed E-state index contributed by atoms with van der Waals surface area (Å²) in [5, 5.41) is 6.83. The molecule has 5 rings (SSSR count). The number of amides is 3.